The molecule has 0 radical (unpaired) electrons. The lowest BCUT2D eigenvalue weighted by Gasteiger charge is -2.33. The van der Waals surface area contributed by atoms with Gasteiger partial charge in [0, 0.05) is 11.7 Å². The van der Waals surface area contributed by atoms with Gasteiger partial charge in [0.25, 0.3) is 0 Å². The first-order valence-electron chi connectivity index (χ1n) is 8.81. The van der Waals surface area contributed by atoms with Crippen LogP contribution in [-0.2, 0) is 17.5 Å². The van der Waals surface area contributed by atoms with Crippen molar-refractivity contribution in [1.29, 1.82) is 0 Å². The summed E-state index contributed by atoms with van der Waals surface area (Å²) in [6.07, 6.45) is -3.80. The topological polar surface area (TPSA) is 50.4 Å². The molecule has 0 saturated heterocycles. The molecule has 3 rings (SSSR count). The molecule has 2 aromatic carbocycles. The maximum absolute atomic E-state index is 13.1. The molecule has 0 aromatic heterocycles. The number of hydrogen-bond donors (Lipinski definition) is 2. The Kier molecular flexibility index (Phi) is 5.58. The highest BCUT2D eigenvalue weighted by atomic mass is 19.4. The van der Waals surface area contributed by atoms with E-state index in [1.165, 1.54) is 6.07 Å². The third kappa shape index (κ3) is 4.72. The van der Waals surface area contributed by atoms with Crippen molar-refractivity contribution in [3.63, 3.8) is 0 Å². The molecule has 0 bridgehead atoms. The molecule has 2 atom stereocenters. The van der Waals surface area contributed by atoms with Crippen LogP contribution in [0.1, 0.15) is 42.5 Å². The third-order valence-corrected chi connectivity index (χ3v) is 4.63. The van der Waals surface area contributed by atoms with Crippen molar-refractivity contribution in [2.75, 3.05) is 5.32 Å². The van der Waals surface area contributed by atoms with Crippen LogP contribution in [0.3, 0.4) is 0 Å². The Morgan fingerprint density at radius 3 is 2.63 bits per heavy atom. The van der Waals surface area contributed by atoms with Gasteiger partial charge in [-0.05, 0) is 42.2 Å². The average molecular weight is 378 g/mol. The van der Waals surface area contributed by atoms with Crippen LogP contribution in [-0.4, -0.2) is 12.1 Å². The maximum atomic E-state index is 13.1. The third-order valence-electron chi connectivity index (χ3n) is 4.63. The van der Waals surface area contributed by atoms with E-state index in [1.807, 2.05) is 37.3 Å². The Morgan fingerprint density at radius 1 is 1.22 bits per heavy atom. The number of alkyl carbamates (subject to hydrolysis) is 1. The normalized spacial score (nSPS) is 19.0. The molecule has 1 heterocycles. The minimum Gasteiger partial charge on any atom is -0.445 e. The van der Waals surface area contributed by atoms with Gasteiger partial charge in [0.05, 0.1) is 11.6 Å². The number of benzene rings is 2. The lowest BCUT2D eigenvalue weighted by atomic mass is 9.90. The van der Waals surface area contributed by atoms with Gasteiger partial charge in [-0.1, -0.05) is 37.3 Å². The number of amides is 1. The first kappa shape index (κ1) is 19.1. The fraction of sp³-hybridized carbons (Fsp3) is 0.350. The van der Waals surface area contributed by atoms with Crippen molar-refractivity contribution < 1.29 is 22.7 Å². The number of carbonyl (C=O) groups is 1. The first-order valence-corrected chi connectivity index (χ1v) is 8.81. The molecule has 0 spiro atoms. The summed E-state index contributed by atoms with van der Waals surface area (Å²) in [7, 11) is 0. The summed E-state index contributed by atoms with van der Waals surface area (Å²) >= 11 is 0. The molecule has 0 saturated carbocycles. The van der Waals surface area contributed by atoms with E-state index in [-0.39, 0.29) is 12.6 Å². The number of nitrogens with one attached hydrogen (secondary N) is 2. The zero-order valence-electron chi connectivity index (χ0n) is 14.8. The molecule has 2 aromatic rings. The molecule has 27 heavy (non-hydrogen) atoms. The standard InChI is InChI=1S/C20H21F3N2O2/c1-2-15-11-18(25-19(26)27-12-13-6-4-3-5-7-13)16-10-14(20(21,22)23)8-9-17(16)24-15/h3-10,15,18,24H,2,11-12H2,1H3,(H,25,26)/t15-,18?/m0/s1. The van der Waals surface area contributed by atoms with E-state index in [0.29, 0.717) is 17.7 Å². The highest BCUT2D eigenvalue weighted by molar-refractivity contribution is 5.69. The van der Waals surface area contributed by atoms with E-state index in [0.717, 1.165) is 24.1 Å². The van der Waals surface area contributed by atoms with Gasteiger partial charge in [0.2, 0.25) is 0 Å². The Balaban J connectivity index is 1.75. The van der Waals surface area contributed by atoms with E-state index >= 15 is 0 Å². The van der Waals surface area contributed by atoms with Crippen molar-refractivity contribution in [2.24, 2.45) is 0 Å². The van der Waals surface area contributed by atoms with Crippen LogP contribution >= 0.6 is 0 Å². The Labute approximate surface area is 155 Å². The number of anilines is 1. The molecule has 7 heteroatoms. The Morgan fingerprint density at radius 2 is 1.96 bits per heavy atom. The van der Waals surface area contributed by atoms with Gasteiger partial charge in [-0.2, -0.15) is 13.2 Å². The lowest BCUT2D eigenvalue weighted by molar-refractivity contribution is -0.137. The van der Waals surface area contributed by atoms with Crippen molar-refractivity contribution >= 4 is 11.8 Å². The number of carbonyl (C=O) groups excluding carboxylic acids is 1. The monoisotopic (exact) mass is 378 g/mol. The van der Waals surface area contributed by atoms with Crippen molar-refractivity contribution in [3.05, 3.63) is 65.2 Å². The minimum absolute atomic E-state index is 0.0636. The van der Waals surface area contributed by atoms with Gasteiger partial charge in [0.15, 0.2) is 0 Å². The SMILES string of the molecule is CC[C@H]1CC(NC(=O)OCc2ccccc2)c2cc(C(F)(F)F)ccc2N1. The number of halogens is 3. The molecule has 1 unspecified atom stereocenters. The van der Waals surface area contributed by atoms with E-state index < -0.39 is 23.9 Å². The summed E-state index contributed by atoms with van der Waals surface area (Å²) in [5.41, 5.74) is 1.13. The van der Waals surface area contributed by atoms with Gasteiger partial charge in [-0.25, -0.2) is 4.79 Å². The second-order valence-corrected chi connectivity index (χ2v) is 6.54. The molecule has 1 aliphatic rings. The van der Waals surface area contributed by atoms with Crippen LogP contribution < -0.4 is 10.6 Å². The number of fused-ring (bicyclic) bond motifs is 1. The summed E-state index contributed by atoms with van der Waals surface area (Å²) in [5, 5.41) is 5.95. The predicted octanol–water partition coefficient (Wildman–Crippen LogP) is 5.27. The average Bonchev–Trinajstić information content (AvgIpc) is 2.66. The molecule has 144 valence electrons. The van der Waals surface area contributed by atoms with Gasteiger partial charge in [-0.3, -0.25) is 0 Å². The summed E-state index contributed by atoms with van der Waals surface area (Å²) in [6, 6.07) is 12.3. The van der Waals surface area contributed by atoms with Crippen LogP contribution in [0.4, 0.5) is 23.7 Å². The first-order chi connectivity index (χ1) is 12.9. The zero-order valence-corrected chi connectivity index (χ0v) is 14.8. The fourth-order valence-electron chi connectivity index (χ4n) is 3.16. The molecule has 4 nitrogen and oxygen atoms in total. The van der Waals surface area contributed by atoms with E-state index in [9.17, 15) is 18.0 Å². The zero-order chi connectivity index (χ0) is 19.4. The van der Waals surface area contributed by atoms with Gasteiger partial charge in [0.1, 0.15) is 6.61 Å². The number of ether oxygens (including phenoxy) is 1. The molecule has 2 N–H and O–H groups in total. The second kappa shape index (κ2) is 7.90. The van der Waals surface area contributed by atoms with Gasteiger partial charge < -0.3 is 15.4 Å². The maximum Gasteiger partial charge on any atom is 0.416 e. The predicted molar refractivity (Wildman–Crippen MR) is 96.3 cm³/mol. The Hall–Kier alpha value is -2.70. The quantitative estimate of drug-likeness (QED) is 0.762. The highest BCUT2D eigenvalue weighted by Gasteiger charge is 2.34. The Bertz CT molecular complexity index is 794. The van der Waals surface area contributed by atoms with Crippen molar-refractivity contribution in [1.82, 2.24) is 5.32 Å². The number of alkyl halides is 3. The molecule has 0 fully saturated rings. The van der Waals surface area contributed by atoms with E-state index in [2.05, 4.69) is 10.6 Å². The summed E-state index contributed by atoms with van der Waals surface area (Å²) < 4.78 is 44.4. The summed E-state index contributed by atoms with van der Waals surface area (Å²) in [4.78, 5) is 12.2. The minimum atomic E-state index is -4.44. The van der Waals surface area contributed by atoms with Crippen LogP contribution in [0, 0.1) is 0 Å². The van der Waals surface area contributed by atoms with E-state index in [1.54, 1.807) is 0 Å². The van der Waals surface area contributed by atoms with E-state index in [4.69, 9.17) is 4.74 Å². The van der Waals surface area contributed by atoms with Crippen molar-refractivity contribution in [3.8, 4) is 0 Å². The van der Waals surface area contributed by atoms with Crippen LogP contribution in [0.15, 0.2) is 48.5 Å². The highest BCUT2D eigenvalue weighted by Crippen LogP contribution is 2.38. The van der Waals surface area contributed by atoms with Crippen LogP contribution in [0.2, 0.25) is 0 Å². The summed E-state index contributed by atoms with van der Waals surface area (Å²) in [6.45, 7) is 2.09. The van der Waals surface area contributed by atoms with Crippen LogP contribution in [0.25, 0.3) is 0 Å². The largest absolute Gasteiger partial charge is 0.445 e. The lowest BCUT2D eigenvalue weighted by Crippen LogP contribution is -2.37. The smallest absolute Gasteiger partial charge is 0.416 e. The van der Waals surface area contributed by atoms with Gasteiger partial charge >= 0.3 is 12.3 Å². The number of rotatable bonds is 4. The molecular weight excluding hydrogens is 357 g/mol. The van der Waals surface area contributed by atoms with Crippen molar-refractivity contribution in [2.45, 2.75) is 44.6 Å². The molecule has 0 aliphatic carbocycles. The molecular formula is C20H21F3N2O2. The molecule has 1 aliphatic heterocycles. The van der Waals surface area contributed by atoms with Gasteiger partial charge in [-0.15, -0.1) is 0 Å². The molecule has 1 amide bonds. The summed E-state index contributed by atoms with van der Waals surface area (Å²) in [5.74, 6) is 0. The fourth-order valence-corrected chi connectivity index (χ4v) is 3.16. The number of hydrogen-bond acceptors (Lipinski definition) is 3. The second-order valence-electron chi connectivity index (χ2n) is 6.54. The van der Waals surface area contributed by atoms with Crippen LogP contribution in [0.5, 0.6) is 0 Å².